The van der Waals surface area contributed by atoms with Gasteiger partial charge in [0.2, 0.25) is 5.91 Å². The summed E-state index contributed by atoms with van der Waals surface area (Å²) in [5.74, 6) is 1.14. The van der Waals surface area contributed by atoms with Crippen molar-refractivity contribution in [2.75, 3.05) is 14.2 Å². The molecule has 0 heterocycles. The Morgan fingerprint density at radius 2 is 1.66 bits per heavy atom. The number of carbonyl (C=O) groups is 2. The first-order valence-electron chi connectivity index (χ1n) is 10.2. The Bertz CT molecular complexity index is 890. The van der Waals surface area contributed by atoms with Gasteiger partial charge >= 0.3 is 0 Å². The second kappa shape index (κ2) is 9.59. The molecule has 154 valence electrons. The van der Waals surface area contributed by atoms with Crippen LogP contribution in [-0.2, 0) is 17.6 Å². The van der Waals surface area contributed by atoms with Crippen LogP contribution >= 0.6 is 0 Å². The summed E-state index contributed by atoms with van der Waals surface area (Å²) in [4.78, 5) is 24.9. The van der Waals surface area contributed by atoms with Crippen LogP contribution < -0.4 is 14.8 Å². The number of amides is 1. The predicted octanol–water partition coefficient (Wildman–Crippen LogP) is 4.42. The van der Waals surface area contributed by atoms with Crippen molar-refractivity contribution in [3.8, 4) is 11.5 Å². The number of aryl methyl sites for hydroxylation is 2. The zero-order valence-electron chi connectivity index (χ0n) is 17.4. The van der Waals surface area contributed by atoms with Gasteiger partial charge in [-0.15, -0.1) is 0 Å². The first-order valence-corrected chi connectivity index (χ1v) is 10.2. The van der Waals surface area contributed by atoms with Crippen LogP contribution in [0.1, 0.15) is 65.7 Å². The molecule has 5 nitrogen and oxygen atoms in total. The highest BCUT2D eigenvalue weighted by atomic mass is 16.5. The molecule has 0 fully saturated rings. The molecule has 0 aromatic heterocycles. The van der Waals surface area contributed by atoms with E-state index in [1.54, 1.807) is 14.2 Å². The van der Waals surface area contributed by atoms with Crippen LogP contribution in [0.5, 0.6) is 11.5 Å². The van der Waals surface area contributed by atoms with Gasteiger partial charge in [-0.25, -0.2) is 0 Å². The summed E-state index contributed by atoms with van der Waals surface area (Å²) in [5.41, 5.74) is 4.27. The molecule has 1 N–H and O–H groups in total. The second-order valence-corrected chi connectivity index (χ2v) is 7.52. The predicted molar refractivity (Wildman–Crippen MR) is 113 cm³/mol. The molecule has 0 bridgehead atoms. The molecule has 0 saturated heterocycles. The summed E-state index contributed by atoms with van der Waals surface area (Å²) in [6.45, 7) is 1.91. The first-order chi connectivity index (χ1) is 14.0. The van der Waals surface area contributed by atoms with E-state index in [9.17, 15) is 9.59 Å². The fourth-order valence-corrected chi connectivity index (χ4v) is 3.80. The van der Waals surface area contributed by atoms with Gasteiger partial charge in [0, 0.05) is 18.4 Å². The maximum absolute atomic E-state index is 12.5. The molecule has 0 saturated carbocycles. The number of ketones is 1. The molecule has 1 amide bonds. The summed E-state index contributed by atoms with van der Waals surface area (Å²) in [6.07, 6.45) is 4.93. The molecular formula is C24H29NO4. The minimum absolute atomic E-state index is 0.0206. The molecule has 5 heteroatoms. The van der Waals surface area contributed by atoms with E-state index in [0.717, 1.165) is 18.4 Å². The Morgan fingerprint density at radius 1 is 0.931 bits per heavy atom. The average Bonchev–Trinajstić information content (AvgIpc) is 2.76. The monoisotopic (exact) mass is 395 g/mol. The quantitative estimate of drug-likeness (QED) is 0.672. The topological polar surface area (TPSA) is 64.6 Å². The van der Waals surface area contributed by atoms with Gasteiger partial charge in [-0.05, 0) is 67.5 Å². The van der Waals surface area contributed by atoms with E-state index in [2.05, 4.69) is 11.4 Å². The van der Waals surface area contributed by atoms with Gasteiger partial charge in [-0.1, -0.05) is 18.2 Å². The number of hydrogen-bond donors (Lipinski definition) is 1. The van der Waals surface area contributed by atoms with Crippen molar-refractivity contribution in [1.29, 1.82) is 0 Å². The SMILES string of the molecule is COc1ccc(C(C)NC(=O)CCC(=O)c2ccc3c(c2)CCCC3)cc1OC. The van der Waals surface area contributed by atoms with Gasteiger partial charge in [-0.2, -0.15) is 0 Å². The van der Waals surface area contributed by atoms with Crippen molar-refractivity contribution in [1.82, 2.24) is 5.32 Å². The zero-order valence-corrected chi connectivity index (χ0v) is 17.4. The normalized spacial score (nSPS) is 13.9. The van der Waals surface area contributed by atoms with E-state index in [-0.39, 0.29) is 30.6 Å². The van der Waals surface area contributed by atoms with Crippen LogP contribution in [0.3, 0.4) is 0 Å². The fraction of sp³-hybridized carbons (Fsp3) is 0.417. The lowest BCUT2D eigenvalue weighted by Gasteiger charge is -2.17. The first kappa shape index (κ1) is 20.9. The third kappa shape index (κ3) is 5.17. The molecule has 1 aliphatic rings. The lowest BCUT2D eigenvalue weighted by atomic mass is 9.89. The highest BCUT2D eigenvalue weighted by Crippen LogP contribution is 2.30. The Labute approximate surface area is 172 Å². The van der Waals surface area contributed by atoms with E-state index in [0.29, 0.717) is 17.1 Å². The summed E-state index contributed by atoms with van der Waals surface area (Å²) in [6, 6.07) is 11.3. The third-order valence-electron chi connectivity index (χ3n) is 5.53. The number of carbonyl (C=O) groups excluding carboxylic acids is 2. The van der Waals surface area contributed by atoms with Crippen LogP contribution in [0.15, 0.2) is 36.4 Å². The Kier molecular flexibility index (Phi) is 6.91. The van der Waals surface area contributed by atoms with Crippen LogP contribution in [0, 0.1) is 0 Å². The lowest BCUT2D eigenvalue weighted by Crippen LogP contribution is -2.27. The zero-order chi connectivity index (χ0) is 20.8. The van der Waals surface area contributed by atoms with Gasteiger partial charge in [0.15, 0.2) is 17.3 Å². The van der Waals surface area contributed by atoms with Gasteiger partial charge in [0.1, 0.15) is 0 Å². The summed E-state index contributed by atoms with van der Waals surface area (Å²) in [7, 11) is 3.17. The third-order valence-corrected chi connectivity index (χ3v) is 5.53. The number of ether oxygens (including phenoxy) is 2. The van der Waals surface area contributed by atoms with Crippen molar-refractivity contribution >= 4 is 11.7 Å². The summed E-state index contributed by atoms with van der Waals surface area (Å²) >= 11 is 0. The molecule has 0 radical (unpaired) electrons. The summed E-state index contributed by atoms with van der Waals surface area (Å²) in [5, 5.41) is 2.95. The number of nitrogens with one attached hydrogen (secondary N) is 1. The van der Waals surface area contributed by atoms with Crippen LogP contribution in [0.4, 0.5) is 0 Å². The lowest BCUT2D eigenvalue weighted by molar-refractivity contribution is -0.121. The molecule has 0 spiro atoms. The Hall–Kier alpha value is -2.82. The molecule has 1 atom stereocenters. The van der Waals surface area contributed by atoms with Gasteiger partial charge in [0.25, 0.3) is 0 Å². The Morgan fingerprint density at radius 3 is 2.38 bits per heavy atom. The van der Waals surface area contributed by atoms with E-state index in [4.69, 9.17) is 9.47 Å². The van der Waals surface area contributed by atoms with Crippen molar-refractivity contribution in [2.24, 2.45) is 0 Å². The van der Waals surface area contributed by atoms with E-state index in [1.807, 2.05) is 37.3 Å². The minimum Gasteiger partial charge on any atom is -0.493 e. The molecule has 1 unspecified atom stereocenters. The molecule has 2 aromatic carbocycles. The molecule has 1 aliphatic carbocycles. The van der Waals surface area contributed by atoms with Gasteiger partial charge in [0.05, 0.1) is 20.3 Å². The molecule has 2 aromatic rings. The fourth-order valence-electron chi connectivity index (χ4n) is 3.80. The van der Waals surface area contributed by atoms with Crippen LogP contribution in [0.2, 0.25) is 0 Å². The molecule has 0 aliphatic heterocycles. The van der Waals surface area contributed by atoms with E-state index in [1.165, 1.54) is 24.0 Å². The van der Waals surface area contributed by atoms with Gasteiger partial charge in [-0.3, -0.25) is 9.59 Å². The largest absolute Gasteiger partial charge is 0.493 e. The number of hydrogen-bond acceptors (Lipinski definition) is 4. The maximum atomic E-state index is 12.5. The van der Waals surface area contributed by atoms with E-state index < -0.39 is 0 Å². The smallest absolute Gasteiger partial charge is 0.220 e. The van der Waals surface area contributed by atoms with E-state index >= 15 is 0 Å². The van der Waals surface area contributed by atoms with Crippen LogP contribution in [-0.4, -0.2) is 25.9 Å². The minimum atomic E-state index is -0.193. The van der Waals surface area contributed by atoms with Crippen LogP contribution in [0.25, 0.3) is 0 Å². The highest BCUT2D eigenvalue weighted by molar-refractivity contribution is 5.98. The maximum Gasteiger partial charge on any atom is 0.220 e. The van der Waals surface area contributed by atoms with Crippen molar-refractivity contribution in [3.63, 3.8) is 0 Å². The van der Waals surface area contributed by atoms with Crippen molar-refractivity contribution in [2.45, 2.75) is 51.5 Å². The molecule has 3 rings (SSSR count). The van der Waals surface area contributed by atoms with Crippen molar-refractivity contribution in [3.05, 3.63) is 58.7 Å². The summed E-state index contributed by atoms with van der Waals surface area (Å²) < 4.78 is 10.6. The standard InChI is InChI=1S/C24H29NO4/c1-16(18-10-12-22(28-2)23(15-18)29-3)25-24(27)13-11-21(26)20-9-8-17-6-4-5-7-19(17)14-20/h8-10,12,14-16H,4-7,11,13H2,1-3H3,(H,25,27). The average molecular weight is 395 g/mol. The van der Waals surface area contributed by atoms with Gasteiger partial charge < -0.3 is 14.8 Å². The number of benzene rings is 2. The van der Waals surface area contributed by atoms with Crippen molar-refractivity contribution < 1.29 is 19.1 Å². The highest BCUT2D eigenvalue weighted by Gasteiger charge is 2.16. The number of rotatable bonds is 8. The number of Topliss-reactive ketones (excluding diaryl/α,β-unsaturated/α-hetero) is 1. The number of methoxy groups -OCH3 is 2. The number of fused-ring (bicyclic) bond motifs is 1. The second-order valence-electron chi connectivity index (χ2n) is 7.52. The molecular weight excluding hydrogens is 366 g/mol. The molecule has 29 heavy (non-hydrogen) atoms. The Balaban J connectivity index is 1.55.